The maximum atomic E-state index is 10.7. The second kappa shape index (κ2) is 6.21. The van der Waals surface area contributed by atoms with Crippen LogP contribution in [0.3, 0.4) is 0 Å². The van der Waals surface area contributed by atoms with E-state index in [4.69, 9.17) is 11.6 Å². The lowest BCUT2D eigenvalue weighted by Crippen LogP contribution is -2.26. The lowest BCUT2D eigenvalue weighted by atomic mass is 10.2. The molecule has 0 bridgehead atoms. The van der Waals surface area contributed by atoms with E-state index in [0.29, 0.717) is 18.1 Å². The number of hydrogen-bond donors (Lipinski definition) is 2. The first kappa shape index (κ1) is 14.1. The Kier molecular flexibility index (Phi) is 4.61. The van der Waals surface area contributed by atoms with E-state index in [1.807, 2.05) is 24.3 Å². The number of hydrogen-bond acceptors (Lipinski definition) is 3. The quantitative estimate of drug-likeness (QED) is 0.839. The number of amides is 1. The van der Waals surface area contributed by atoms with Crippen molar-refractivity contribution in [3.05, 3.63) is 33.8 Å². The molecule has 0 aliphatic heterocycles. The minimum atomic E-state index is -0.0406. The van der Waals surface area contributed by atoms with Gasteiger partial charge in [0, 0.05) is 29.9 Å². The maximum Gasteiger partial charge on any atom is 0.216 e. The van der Waals surface area contributed by atoms with Gasteiger partial charge in [-0.15, -0.1) is 0 Å². The summed E-state index contributed by atoms with van der Waals surface area (Å²) in [5, 5.41) is 7.43. The molecule has 6 heteroatoms. The Morgan fingerprint density at radius 2 is 2.16 bits per heavy atom. The third-order valence-corrected chi connectivity index (χ3v) is 3.26. The summed E-state index contributed by atoms with van der Waals surface area (Å²) in [6.07, 6.45) is 0. The Hall–Kier alpha value is -1.33. The molecule has 0 atom stereocenters. The summed E-state index contributed by atoms with van der Waals surface area (Å²) < 4.78 is 0.929. The zero-order valence-corrected chi connectivity index (χ0v) is 12.7. The zero-order valence-electron chi connectivity index (χ0n) is 10.3. The Morgan fingerprint density at radius 1 is 1.37 bits per heavy atom. The number of carbonyl (C=O) groups is 1. The summed E-state index contributed by atoms with van der Waals surface area (Å²) >= 11 is 9.56. The Balaban J connectivity index is 2.11. The van der Waals surface area contributed by atoms with Crippen molar-refractivity contribution >= 4 is 50.2 Å². The second-order valence-electron chi connectivity index (χ2n) is 4.07. The van der Waals surface area contributed by atoms with E-state index in [1.165, 1.54) is 6.92 Å². The molecule has 0 aliphatic carbocycles. The summed E-state index contributed by atoms with van der Waals surface area (Å²) in [4.78, 5) is 15.2. The fraction of sp³-hybridized carbons (Fsp3) is 0.231. The molecule has 0 spiro atoms. The average Bonchev–Trinajstić information content (AvgIpc) is 2.35. The first-order chi connectivity index (χ1) is 9.06. The molecular formula is C13H13BrClN3O. The number of rotatable bonds is 4. The van der Waals surface area contributed by atoms with Gasteiger partial charge in [0.2, 0.25) is 5.91 Å². The van der Waals surface area contributed by atoms with Crippen molar-refractivity contribution in [2.45, 2.75) is 6.92 Å². The van der Waals surface area contributed by atoms with Crippen molar-refractivity contribution in [2.75, 3.05) is 18.4 Å². The third kappa shape index (κ3) is 3.81. The SMILES string of the molecule is CC(=O)NCCNc1ccc2cc(Br)cc(Cl)c2n1. The monoisotopic (exact) mass is 341 g/mol. The van der Waals surface area contributed by atoms with Gasteiger partial charge in [-0.25, -0.2) is 4.98 Å². The van der Waals surface area contributed by atoms with Crippen LogP contribution in [0.15, 0.2) is 28.7 Å². The van der Waals surface area contributed by atoms with Crippen LogP contribution in [0, 0.1) is 0 Å². The van der Waals surface area contributed by atoms with Crippen LogP contribution in [-0.2, 0) is 4.79 Å². The van der Waals surface area contributed by atoms with Gasteiger partial charge < -0.3 is 10.6 Å². The van der Waals surface area contributed by atoms with Crippen molar-refractivity contribution in [3.63, 3.8) is 0 Å². The summed E-state index contributed by atoms with van der Waals surface area (Å²) in [6.45, 7) is 2.67. The molecular weight excluding hydrogens is 330 g/mol. The van der Waals surface area contributed by atoms with Crippen LogP contribution in [0.4, 0.5) is 5.82 Å². The molecule has 100 valence electrons. The summed E-state index contributed by atoms with van der Waals surface area (Å²) in [6, 6.07) is 7.63. The average molecular weight is 343 g/mol. The molecule has 4 nitrogen and oxygen atoms in total. The predicted molar refractivity (Wildman–Crippen MR) is 81.6 cm³/mol. The Bertz CT molecular complexity index is 618. The van der Waals surface area contributed by atoms with Crippen LogP contribution in [0.5, 0.6) is 0 Å². The first-order valence-corrected chi connectivity index (χ1v) is 6.97. The van der Waals surface area contributed by atoms with E-state index < -0.39 is 0 Å². The molecule has 1 amide bonds. The van der Waals surface area contributed by atoms with Gasteiger partial charge in [0.05, 0.1) is 10.5 Å². The number of pyridine rings is 1. The highest BCUT2D eigenvalue weighted by Gasteiger charge is 2.04. The minimum absolute atomic E-state index is 0.0406. The van der Waals surface area contributed by atoms with Crippen LogP contribution in [0.25, 0.3) is 10.9 Å². The largest absolute Gasteiger partial charge is 0.368 e. The lowest BCUT2D eigenvalue weighted by Gasteiger charge is -2.08. The van der Waals surface area contributed by atoms with Gasteiger partial charge in [-0.3, -0.25) is 4.79 Å². The first-order valence-electron chi connectivity index (χ1n) is 5.80. The molecule has 0 radical (unpaired) electrons. The smallest absolute Gasteiger partial charge is 0.216 e. The molecule has 0 saturated heterocycles. The van der Waals surface area contributed by atoms with Gasteiger partial charge in [0.15, 0.2) is 0 Å². The van der Waals surface area contributed by atoms with Gasteiger partial charge >= 0.3 is 0 Å². The normalized spacial score (nSPS) is 10.5. The van der Waals surface area contributed by atoms with E-state index in [0.717, 1.165) is 21.2 Å². The molecule has 2 aromatic rings. The maximum absolute atomic E-state index is 10.7. The molecule has 2 rings (SSSR count). The molecule has 0 fully saturated rings. The molecule has 1 heterocycles. The van der Waals surface area contributed by atoms with Gasteiger partial charge in [0.1, 0.15) is 5.82 Å². The van der Waals surface area contributed by atoms with Gasteiger partial charge in [0.25, 0.3) is 0 Å². The highest BCUT2D eigenvalue weighted by atomic mass is 79.9. The van der Waals surface area contributed by atoms with Crippen LogP contribution in [0.1, 0.15) is 6.92 Å². The van der Waals surface area contributed by atoms with Crippen molar-refractivity contribution in [1.82, 2.24) is 10.3 Å². The molecule has 0 unspecified atom stereocenters. The molecule has 0 aliphatic rings. The van der Waals surface area contributed by atoms with Crippen LogP contribution in [0.2, 0.25) is 5.02 Å². The Morgan fingerprint density at radius 3 is 2.89 bits per heavy atom. The van der Waals surface area contributed by atoms with E-state index >= 15 is 0 Å². The van der Waals surface area contributed by atoms with Crippen molar-refractivity contribution in [2.24, 2.45) is 0 Å². The molecule has 1 aromatic carbocycles. The van der Waals surface area contributed by atoms with E-state index in [-0.39, 0.29) is 5.91 Å². The number of nitrogens with one attached hydrogen (secondary N) is 2. The summed E-state index contributed by atoms with van der Waals surface area (Å²) in [7, 11) is 0. The number of nitrogens with zero attached hydrogens (tertiary/aromatic N) is 1. The van der Waals surface area contributed by atoms with Gasteiger partial charge in [-0.2, -0.15) is 0 Å². The number of anilines is 1. The second-order valence-corrected chi connectivity index (χ2v) is 5.39. The highest BCUT2D eigenvalue weighted by Crippen LogP contribution is 2.27. The van der Waals surface area contributed by atoms with Crippen molar-refractivity contribution in [1.29, 1.82) is 0 Å². The van der Waals surface area contributed by atoms with Gasteiger partial charge in [-0.1, -0.05) is 27.5 Å². The summed E-state index contributed by atoms with van der Waals surface area (Å²) in [5.41, 5.74) is 0.759. The van der Waals surface area contributed by atoms with Crippen LogP contribution >= 0.6 is 27.5 Å². The van der Waals surface area contributed by atoms with E-state index in [1.54, 1.807) is 0 Å². The number of benzene rings is 1. The highest BCUT2D eigenvalue weighted by molar-refractivity contribution is 9.10. The fourth-order valence-electron chi connectivity index (χ4n) is 1.68. The number of halogens is 2. The van der Waals surface area contributed by atoms with Crippen molar-refractivity contribution < 1.29 is 4.79 Å². The van der Waals surface area contributed by atoms with E-state index in [2.05, 4.69) is 31.5 Å². The van der Waals surface area contributed by atoms with Crippen LogP contribution < -0.4 is 10.6 Å². The molecule has 19 heavy (non-hydrogen) atoms. The Labute approximate surface area is 124 Å². The molecule has 2 N–H and O–H groups in total. The fourth-order valence-corrected chi connectivity index (χ4v) is 2.56. The predicted octanol–water partition coefficient (Wildman–Crippen LogP) is 3.20. The molecule has 1 aromatic heterocycles. The number of fused-ring (bicyclic) bond motifs is 1. The topological polar surface area (TPSA) is 54.0 Å². The van der Waals surface area contributed by atoms with Gasteiger partial charge in [-0.05, 0) is 24.3 Å². The molecule has 0 saturated carbocycles. The van der Waals surface area contributed by atoms with Crippen LogP contribution in [-0.4, -0.2) is 24.0 Å². The zero-order chi connectivity index (χ0) is 13.8. The summed E-state index contributed by atoms with van der Waals surface area (Å²) in [5.74, 6) is 0.697. The van der Waals surface area contributed by atoms with Crippen molar-refractivity contribution in [3.8, 4) is 0 Å². The van der Waals surface area contributed by atoms with E-state index in [9.17, 15) is 4.79 Å². The third-order valence-electron chi connectivity index (χ3n) is 2.52. The number of carbonyl (C=O) groups excluding carboxylic acids is 1. The lowest BCUT2D eigenvalue weighted by molar-refractivity contribution is -0.118. The number of aromatic nitrogens is 1. The minimum Gasteiger partial charge on any atom is -0.368 e. The standard InChI is InChI=1S/C13H13BrClN3O/c1-8(19)16-4-5-17-12-3-2-9-6-10(14)7-11(15)13(9)18-12/h2-3,6-7H,4-5H2,1H3,(H,16,19)(H,17,18).